The van der Waals surface area contributed by atoms with Crippen LogP contribution in [0.5, 0.6) is 0 Å². The summed E-state index contributed by atoms with van der Waals surface area (Å²) >= 11 is 0. The SMILES string of the molecule is CC(C)(C)OC(=O)C(N)Cc1ncccn1. The van der Waals surface area contributed by atoms with E-state index in [4.69, 9.17) is 10.5 Å². The van der Waals surface area contributed by atoms with Gasteiger partial charge in [0.2, 0.25) is 0 Å². The van der Waals surface area contributed by atoms with Crippen molar-refractivity contribution in [2.24, 2.45) is 5.73 Å². The van der Waals surface area contributed by atoms with Gasteiger partial charge < -0.3 is 10.5 Å². The first-order valence-corrected chi connectivity index (χ1v) is 5.13. The molecular formula is C11H17N3O2. The maximum atomic E-state index is 11.6. The summed E-state index contributed by atoms with van der Waals surface area (Å²) in [7, 11) is 0. The van der Waals surface area contributed by atoms with Crippen molar-refractivity contribution < 1.29 is 9.53 Å². The lowest BCUT2D eigenvalue weighted by atomic mass is 10.1. The predicted molar refractivity (Wildman–Crippen MR) is 59.6 cm³/mol. The first-order valence-electron chi connectivity index (χ1n) is 5.13. The van der Waals surface area contributed by atoms with E-state index in [1.807, 2.05) is 0 Å². The van der Waals surface area contributed by atoms with Crippen molar-refractivity contribution in [1.82, 2.24) is 9.97 Å². The van der Waals surface area contributed by atoms with Crippen LogP contribution in [-0.4, -0.2) is 27.6 Å². The highest BCUT2D eigenvalue weighted by molar-refractivity contribution is 5.76. The second-order valence-corrected chi connectivity index (χ2v) is 4.51. The zero-order valence-corrected chi connectivity index (χ0v) is 9.80. The van der Waals surface area contributed by atoms with Gasteiger partial charge in [-0.2, -0.15) is 0 Å². The zero-order chi connectivity index (χ0) is 12.2. The van der Waals surface area contributed by atoms with Crippen molar-refractivity contribution in [1.29, 1.82) is 0 Å². The molecular weight excluding hydrogens is 206 g/mol. The number of aromatic nitrogens is 2. The maximum Gasteiger partial charge on any atom is 0.323 e. The van der Waals surface area contributed by atoms with E-state index in [0.29, 0.717) is 5.82 Å². The van der Waals surface area contributed by atoms with Crippen molar-refractivity contribution in [2.75, 3.05) is 0 Å². The van der Waals surface area contributed by atoms with Gasteiger partial charge in [-0.1, -0.05) is 0 Å². The molecule has 1 atom stereocenters. The second kappa shape index (κ2) is 5.03. The first kappa shape index (κ1) is 12.6. The Bertz CT molecular complexity index is 346. The highest BCUT2D eigenvalue weighted by Crippen LogP contribution is 2.08. The Morgan fingerprint density at radius 3 is 2.50 bits per heavy atom. The van der Waals surface area contributed by atoms with Gasteiger partial charge in [-0.15, -0.1) is 0 Å². The third-order valence-corrected chi connectivity index (χ3v) is 1.73. The molecule has 88 valence electrons. The Morgan fingerprint density at radius 2 is 2.00 bits per heavy atom. The molecule has 0 bridgehead atoms. The molecule has 0 aromatic carbocycles. The van der Waals surface area contributed by atoms with E-state index in [-0.39, 0.29) is 6.42 Å². The largest absolute Gasteiger partial charge is 0.459 e. The minimum Gasteiger partial charge on any atom is -0.459 e. The molecule has 2 N–H and O–H groups in total. The van der Waals surface area contributed by atoms with E-state index in [9.17, 15) is 4.79 Å². The van der Waals surface area contributed by atoms with Crippen LogP contribution in [-0.2, 0) is 16.0 Å². The van der Waals surface area contributed by atoms with Crippen LogP contribution >= 0.6 is 0 Å². The highest BCUT2D eigenvalue weighted by Gasteiger charge is 2.22. The Labute approximate surface area is 95.0 Å². The molecule has 0 spiro atoms. The van der Waals surface area contributed by atoms with E-state index in [0.717, 1.165) is 0 Å². The lowest BCUT2D eigenvalue weighted by Crippen LogP contribution is -2.39. The molecule has 0 saturated carbocycles. The van der Waals surface area contributed by atoms with Gasteiger partial charge in [-0.05, 0) is 26.8 Å². The Kier molecular flexibility index (Phi) is 3.95. The van der Waals surface area contributed by atoms with Gasteiger partial charge in [-0.25, -0.2) is 9.97 Å². The molecule has 0 aliphatic carbocycles. The number of hydrogen-bond donors (Lipinski definition) is 1. The van der Waals surface area contributed by atoms with Gasteiger partial charge in [0, 0.05) is 18.8 Å². The molecule has 0 fully saturated rings. The number of rotatable bonds is 3. The van der Waals surface area contributed by atoms with E-state index in [1.54, 1.807) is 39.2 Å². The number of nitrogens with zero attached hydrogens (tertiary/aromatic N) is 2. The van der Waals surface area contributed by atoms with Crippen LogP contribution in [0.4, 0.5) is 0 Å². The lowest BCUT2D eigenvalue weighted by molar-refractivity contribution is -0.156. The van der Waals surface area contributed by atoms with Crippen molar-refractivity contribution >= 4 is 5.97 Å². The molecule has 1 rings (SSSR count). The zero-order valence-electron chi connectivity index (χ0n) is 9.80. The molecule has 0 saturated heterocycles. The summed E-state index contributed by atoms with van der Waals surface area (Å²) in [4.78, 5) is 19.6. The summed E-state index contributed by atoms with van der Waals surface area (Å²) in [6.07, 6.45) is 3.52. The monoisotopic (exact) mass is 223 g/mol. The Hall–Kier alpha value is -1.49. The van der Waals surface area contributed by atoms with Gasteiger partial charge in [-0.3, -0.25) is 4.79 Å². The van der Waals surface area contributed by atoms with Crippen LogP contribution < -0.4 is 5.73 Å². The van der Waals surface area contributed by atoms with Crippen LogP contribution in [0, 0.1) is 0 Å². The van der Waals surface area contributed by atoms with Crippen LogP contribution in [0.1, 0.15) is 26.6 Å². The topological polar surface area (TPSA) is 78.1 Å². The van der Waals surface area contributed by atoms with Crippen LogP contribution in [0.2, 0.25) is 0 Å². The number of nitrogens with two attached hydrogens (primary N) is 1. The standard InChI is InChI=1S/C11H17N3O2/c1-11(2,3)16-10(15)8(12)7-9-13-5-4-6-14-9/h4-6,8H,7,12H2,1-3H3. The second-order valence-electron chi connectivity index (χ2n) is 4.51. The lowest BCUT2D eigenvalue weighted by Gasteiger charge is -2.21. The highest BCUT2D eigenvalue weighted by atomic mass is 16.6. The summed E-state index contributed by atoms with van der Waals surface area (Å²) in [5, 5.41) is 0. The molecule has 16 heavy (non-hydrogen) atoms. The van der Waals surface area contributed by atoms with E-state index in [1.165, 1.54) is 0 Å². The average Bonchev–Trinajstić information content (AvgIpc) is 2.16. The molecule has 5 nitrogen and oxygen atoms in total. The van der Waals surface area contributed by atoms with Gasteiger partial charge in [0.05, 0.1) is 0 Å². The third-order valence-electron chi connectivity index (χ3n) is 1.73. The fourth-order valence-electron chi connectivity index (χ4n) is 1.09. The van der Waals surface area contributed by atoms with Crippen molar-refractivity contribution in [2.45, 2.75) is 38.8 Å². The van der Waals surface area contributed by atoms with Crippen molar-refractivity contribution in [3.8, 4) is 0 Å². The van der Waals surface area contributed by atoms with Gasteiger partial charge in [0.25, 0.3) is 0 Å². The van der Waals surface area contributed by atoms with Gasteiger partial charge >= 0.3 is 5.97 Å². The van der Waals surface area contributed by atoms with Crippen LogP contribution in [0.3, 0.4) is 0 Å². The molecule has 0 amide bonds. The summed E-state index contributed by atoms with van der Waals surface area (Å²) in [6, 6.07) is 0.990. The average molecular weight is 223 g/mol. The van der Waals surface area contributed by atoms with E-state index >= 15 is 0 Å². The number of carbonyl (C=O) groups excluding carboxylic acids is 1. The summed E-state index contributed by atoms with van der Waals surface area (Å²) < 4.78 is 5.15. The normalized spacial score (nSPS) is 13.2. The number of carbonyl (C=O) groups is 1. The number of esters is 1. The molecule has 0 radical (unpaired) electrons. The summed E-state index contributed by atoms with van der Waals surface area (Å²) in [5.41, 5.74) is 5.18. The first-order chi connectivity index (χ1) is 7.38. The molecule has 1 unspecified atom stereocenters. The third kappa shape index (κ3) is 4.35. The summed E-state index contributed by atoms with van der Waals surface area (Å²) in [5.74, 6) is 0.112. The van der Waals surface area contributed by atoms with Crippen molar-refractivity contribution in [3.05, 3.63) is 24.3 Å². The van der Waals surface area contributed by atoms with Crippen LogP contribution in [0.15, 0.2) is 18.5 Å². The van der Waals surface area contributed by atoms with Gasteiger partial charge in [0.1, 0.15) is 17.5 Å². The molecule has 0 aliphatic rings. The molecule has 1 aromatic rings. The molecule has 0 aliphatic heterocycles. The Morgan fingerprint density at radius 1 is 1.44 bits per heavy atom. The minimum absolute atomic E-state index is 0.287. The predicted octanol–water partition coefficient (Wildman–Crippen LogP) is 0.688. The van der Waals surface area contributed by atoms with Crippen molar-refractivity contribution in [3.63, 3.8) is 0 Å². The van der Waals surface area contributed by atoms with E-state index in [2.05, 4.69) is 9.97 Å². The Balaban J connectivity index is 2.53. The quantitative estimate of drug-likeness (QED) is 0.763. The molecule has 1 aromatic heterocycles. The minimum atomic E-state index is -0.721. The fourth-order valence-corrected chi connectivity index (χ4v) is 1.09. The fraction of sp³-hybridized carbons (Fsp3) is 0.545. The molecule has 1 heterocycles. The maximum absolute atomic E-state index is 11.6. The van der Waals surface area contributed by atoms with E-state index < -0.39 is 17.6 Å². The molecule has 5 heteroatoms. The number of hydrogen-bond acceptors (Lipinski definition) is 5. The van der Waals surface area contributed by atoms with Gasteiger partial charge in [0.15, 0.2) is 0 Å². The van der Waals surface area contributed by atoms with Crippen LogP contribution in [0.25, 0.3) is 0 Å². The number of ether oxygens (including phenoxy) is 1. The smallest absolute Gasteiger partial charge is 0.323 e. The summed E-state index contributed by atoms with van der Waals surface area (Å²) in [6.45, 7) is 5.41.